The first kappa shape index (κ1) is 20.1. The predicted octanol–water partition coefficient (Wildman–Crippen LogP) is 3.35. The zero-order chi connectivity index (χ0) is 20.9. The number of anilines is 1. The largest absolute Gasteiger partial charge is 0.474 e. The highest BCUT2D eigenvalue weighted by Crippen LogP contribution is 2.20. The summed E-state index contributed by atoms with van der Waals surface area (Å²) in [5, 5.41) is 0. The molecule has 4 rings (SSSR count). The van der Waals surface area contributed by atoms with Crippen LogP contribution < -0.4 is 9.64 Å². The number of piperidine rings is 1. The predicted molar refractivity (Wildman–Crippen MR) is 120 cm³/mol. The van der Waals surface area contributed by atoms with Crippen LogP contribution in [-0.4, -0.2) is 60.2 Å². The molecule has 0 aliphatic carbocycles. The Kier molecular flexibility index (Phi) is 6.10. The Bertz CT molecular complexity index is 1070. The van der Waals surface area contributed by atoms with Gasteiger partial charge in [-0.1, -0.05) is 12.3 Å². The van der Waals surface area contributed by atoms with Gasteiger partial charge in [-0.2, -0.15) is 0 Å². The number of pyridine rings is 1. The summed E-state index contributed by atoms with van der Waals surface area (Å²) in [4.78, 5) is 18.0. The van der Waals surface area contributed by atoms with Gasteiger partial charge in [-0.05, 0) is 68.8 Å². The Morgan fingerprint density at radius 1 is 1.10 bits per heavy atom. The van der Waals surface area contributed by atoms with Crippen LogP contribution in [0.3, 0.4) is 0 Å². The maximum absolute atomic E-state index is 6.14. The van der Waals surface area contributed by atoms with Gasteiger partial charge in [-0.25, -0.2) is 15.0 Å². The van der Waals surface area contributed by atoms with E-state index >= 15 is 0 Å². The van der Waals surface area contributed by atoms with E-state index in [9.17, 15) is 0 Å². The molecule has 0 spiro atoms. The minimum atomic E-state index is 0.393. The first-order valence-corrected chi connectivity index (χ1v) is 10.4. The Balaban J connectivity index is 1.61. The standard InChI is InChI=1S/C24H27N5O/c1-28(2)19-12-9-18(10-13-19)11-14-22-24(27-21-8-6-15-25-23(21)26-22)30-17-20-7-4-5-16-29(20)3/h6,8-10,12-13,15,20H,4-5,7,16-17H2,1-3H3. The summed E-state index contributed by atoms with van der Waals surface area (Å²) in [6.45, 7) is 1.69. The van der Waals surface area contributed by atoms with Gasteiger partial charge < -0.3 is 14.5 Å². The summed E-state index contributed by atoms with van der Waals surface area (Å²) in [5.74, 6) is 6.82. The van der Waals surface area contributed by atoms with E-state index in [2.05, 4.69) is 43.6 Å². The summed E-state index contributed by atoms with van der Waals surface area (Å²) < 4.78 is 6.14. The minimum absolute atomic E-state index is 0.393. The van der Waals surface area contributed by atoms with E-state index in [0.29, 0.717) is 35.4 Å². The van der Waals surface area contributed by atoms with Crippen LogP contribution in [0.4, 0.5) is 5.69 Å². The van der Waals surface area contributed by atoms with Crippen molar-refractivity contribution in [3.63, 3.8) is 0 Å². The second-order valence-corrected chi connectivity index (χ2v) is 7.86. The number of aromatic nitrogens is 3. The maximum atomic E-state index is 6.14. The van der Waals surface area contributed by atoms with E-state index in [0.717, 1.165) is 24.2 Å². The van der Waals surface area contributed by atoms with Crippen LogP contribution in [0.2, 0.25) is 0 Å². The van der Waals surface area contributed by atoms with Gasteiger partial charge in [0.05, 0.1) is 0 Å². The van der Waals surface area contributed by atoms with Crippen molar-refractivity contribution < 1.29 is 4.74 Å². The highest BCUT2D eigenvalue weighted by molar-refractivity contribution is 5.71. The van der Waals surface area contributed by atoms with Gasteiger partial charge in [-0.3, -0.25) is 0 Å². The van der Waals surface area contributed by atoms with E-state index in [1.165, 1.54) is 12.8 Å². The molecule has 6 nitrogen and oxygen atoms in total. The van der Waals surface area contributed by atoms with Crippen molar-refractivity contribution in [2.24, 2.45) is 0 Å². The van der Waals surface area contributed by atoms with Crippen molar-refractivity contribution in [1.82, 2.24) is 19.9 Å². The molecule has 3 heterocycles. The lowest BCUT2D eigenvalue weighted by Crippen LogP contribution is -2.40. The summed E-state index contributed by atoms with van der Waals surface area (Å²) in [7, 11) is 6.19. The third-order valence-electron chi connectivity index (χ3n) is 5.45. The molecule has 0 radical (unpaired) electrons. The molecule has 0 saturated carbocycles. The number of benzene rings is 1. The number of fused-ring (bicyclic) bond motifs is 1. The lowest BCUT2D eigenvalue weighted by Gasteiger charge is -2.32. The zero-order valence-corrected chi connectivity index (χ0v) is 17.8. The van der Waals surface area contributed by atoms with Crippen LogP contribution in [0.5, 0.6) is 5.88 Å². The van der Waals surface area contributed by atoms with Crippen molar-refractivity contribution in [2.75, 3.05) is 39.2 Å². The topological polar surface area (TPSA) is 54.4 Å². The van der Waals surface area contributed by atoms with E-state index < -0.39 is 0 Å². The highest BCUT2D eigenvalue weighted by atomic mass is 16.5. The molecular weight excluding hydrogens is 374 g/mol. The molecule has 1 saturated heterocycles. The lowest BCUT2D eigenvalue weighted by atomic mass is 10.0. The smallest absolute Gasteiger partial charge is 0.249 e. The summed E-state index contributed by atoms with van der Waals surface area (Å²) in [6.07, 6.45) is 5.34. The van der Waals surface area contributed by atoms with Gasteiger partial charge in [0.15, 0.2) is 11.3 Å². The van der Waals surface area contributed by atoms with Gasteiger partial charge >= 0.3 is 0 Å². The number of nitrogens with zero attached hydrogens (tertiary/aromatic N) is 5. The molecular formula is C24H27N5O. The second-order valence-electron chi connectivity index (χ2n) is 7.86. The number of hydrogen-bond acceptors (Lipinski definition) is 6. The first-order chi connectivity index (χ1) is 14.6. The first-order valence-electron chi connectivity index (χ1n) is 10.4. The average Bonchev–Trinajstić information content (AvgIpc) is 2.77. The highest BCUT2D eigenvalue weighted by Gasteiger charge is 2.20. The third kappa shape index (κ3) is 4.69. The molecule has 154 valence electrons. The van der Waals surface area contributed by atoms with Crippen LogP contribution in [0.1, 0.15) is 30.5 Å². The van der Waals surface area contributed by atoms with E-state index in [-0.39, 0.29) is 0 Å². The Morgan fingerprint density at radius 3 is 2.70 bits per heavy atom. The molecule has 1 aliphatic rings. The van der Waals surface area contributed by atoms with Gasteiger partial charge in [0.1, 0.15) is 12.1 Å². The summed E-state index contributed by atoms with van der Waals surface area (Å²) >= 11 is 0. The van der Waals surface area contributed by atoms with Crippen LogP contribution in [0, 0.1) is 11.8 Å². The van der Waals surface area contributed by atoms with Crippen LogP contribution >= 0.6 is 0 Å². The van der Waals surface area contributed by atoms with Gasteiger partial charge in [0.2, 0.25) is 5.88 Å². The molecule has 1 aliphatic heterocycles. The molecule has 1 aromatic carbocycles. The monoisotopic (exact) mass is 401 g/mol. The average molecular weight is 402 g/mol. The van der Waals surface area contributed by atoms with Gasteiger partial charge in [0, 0.05) is 37.6 Å². The molecule has 1 unspecified atom stereocenters. The van der Waals surface area contributed by atoms with Crippen molar-refractivity contribution in [3.05, 3.63) is 53.9 Å². The van der Waals surface area contributed by atoms with Crippen molar-refractivity contribution >= 4 is 16.9 Å². The Hall–Kier alpha value is -3.17. The number of ether oxygens (including phenoxy) is 1. The SMILES string of the molecule is CN(C)c1ccc(C#Cc2nc3ncccc3nc2OCC2CCCCN2C)cc1. The fraction of sp³-hybridized carbons (Fsp3) is 0.375. The van der Waals surface area contributed by atoms with E-state index in [1.54, 1.807) is 6.20 Å². The number of likely N-dealkylation sites (tertiary alicyclic amines) is 1. The Labute approximate surface area is 177 Å². The fourth-order valence-corrected chi connectivity index (χ4v) is 3.56. The molecule has 2 aromatic heterocycles. The molecule has 30 heavy (non-hydrogen) atoms. The van der Waals surface area contributed by atoms with Gasteiger partial charge in [-0.15, -0.1) is 0 Å². The summed E-state index contributed by atoms with van der Waals surface area (Å²) in [5.41, 5.74) is 3.87. The van der Waals surface area contributed by atoms with Crippen LogP contribution in [0.25, 0.3) is 11.2 Å². The zero-order valence-electron chi connectivity index (χ0n) is 17.8. The minimum Gasteiger partial charge on any atom is -0.474 e. The Morgan fingerprint density at radius 2 is 1.93 bits per heavy atom. The van der Waals surface area contributed by atoms with Crippen LogP contribution in [0.15, 0.2) is 42.6 Å². The molecule has 1 atom stereocenters. The van der Waals surface area contributed by atoms with E-state index in [1.807, 2.05) is 50.5 Å². The maximum Gasteiger partial charge on any atom is 0.249 e. The van der Waals surface area contributed by atoms with Gasteiger partial charge in [0.25, 0.3) is 0 Å². The molecule has 1 fully saturated rings. The third-order valence-corrected chi connectivity index (χ3v) is 5.45. The van der Waals surface area contributed by atoms with Crippen LogP contribution in [-0.2, 0) is 0 Å². The molecule has 0 N–H and O–H groups in total. The second kappa shape index (κ2) is 9.10. The number of hydrogen-bond donors (Lipinski definition) is 0. The lowest BCUT2D eigenvalue weighted by molar-refractivity contribution is 0.122. The van der Waals surface area contributed by atoms with Crippen molar-refractivity contribution in [2.45, 2.75) is 25.3 Å². The molecule has 3 aromatic rings. The van der Waals surface area contributed by atoms with E-state index in [4.69, 9.17) is 4.74 Å². The van der Waals surface area contributed by atoms with Crippen molar-refractivity contribution in [1.29, 1.82) is 0 Å². The number of likely N-dealkylation sites (N-methyl/N-ethyl adjacent to an activating group) is 1. The molecule has 6 heteroatoms. The molecule has 0 amide bonds. The normalized spacial score (nSPS) is 16.7. The number of rotatable bonds is 4. The van der Waals surface area contributed by atoms with Crippen molar-refractivity contribution in [3.8, 4) is 17.7 Å². The summed E-state index contributed by atoms with van der Waals surface area (Å²) in [6, 6.07) is 12.3. The molecule has 0 bridgehead atoms. The fourth-order valence-electron chi connectivity index (χ4n) is 3.56. The quantitative estimate of drug-likeness (QED) is 0.625.